The molecule has 290 valence electrons. The number of rotatable bonds is 21. The molecule has 0 unspecified atom stereocenters. The molecule has 0 aliphatic heterocycles. The van der Waals surface area contributed by atoms with E-state index < -0.39 is 11.6 Å². The van der Waals surface area contributed by atoms with Gasteiger partial charge in [0.1, 0.15) is 0 Å². The van der Waals surface area contributed by atoms with Crippen LogP contribution in [0.5, 0.6) is 0 Å². The number of allylic oxidation sites excluding steroid dienone is 3. The van der Waals surface area contributed by atoms with Crippen LogP contribution in [0.15, 0.2) is 145 Å². The Morgan fingerprint density at radius 1 is 0.875 bits per heavy atom. The second-order valence-electron chi connectivity index (χ2n) is 13.7. The molecule has 4 aromatic carbocycles. The molecule has 10 heteroatoms. The van der Waals surface area contributed by atoms with Gasteiger partial charge in [0.05, 0.1) is 11.4 Å². The third-order valence-corrected chi connectivity index (χ3v) is 11.1. The molecule has 3 N–H and O–H groups in total. The van der Waals surface area contributed by atoms with Crippen LogP contribution < -0.4 is 5.73 Å². The number of aromatic nitrogens is 4. The zero-order valence-corrected chi connectivity index (χ0v) is 33.4. The van der Waals surface area contributed by atoms with E-state index in [0.717, 1.165) is 34.2 Å². The molecule has 0 bridgehead atoms. The van der Waals surface area contributed by atoms with Crippen molar-refractivity contribution in [2.45, 2.75) is 75.2 Å². The van der Waals surface area contributed by atoms with E-state index in [1.54, 1.807) is 23.6 Å². The minimum Gasteiger partial charge on any atom is -0.387 e. The van der Waals surface area contributed by atoms with Crippen LogP contribution in [0.4, 0.5) is 0 Å². The fourth-order valence-electron chi connectivity index (χ4n) is 6.84. The number of unbranched alkanes of at least 4 members (excludes halogenated alkanes) is 7. The number of aliphatic hydroxyl groups is 1. The number of thioether (sulfide) groups is 1. The number of guanidine groups is 1. The summed E-state index contributed by atoms with van der Waals surface area (Å²) in [5.41, 5.74) is 9.47. The molecule has 5 rings (SSSR count). The molecule has 0 saturated heterocycles. The molecule has 9 nitrogen and oxygen atoms in total. The van der Waals surface area contributed by atoms with E-state index in [9.17, 15) is 10.4 Å². The summed E-state index contributed by atoms with van der Waals surface area (Å²) in [6.45, 7) is 2.62. The SMILES string of the molecule is CCCCCCCCC/C=C\C=C\[C@@H](SCCN(C#N)C(N)=NC)[C@@H](O)c1cccc(-c2nnn(C(c3ccccc3)(c3ccccc3)c3ccccc3)n2)c1. The summed E-state index contributed by atoms with van der Waals surface area (Å²) in [6, 6.07) is 38.4. The van der Waals surface area contributed by atoms with Crippen molar-refractivity contribution < 1.29 is 5.11 Å². The number of nitrogens with two attached hydrogens (primary N) is 1. The fraction of sp³-hybridized carbons (Fsp3) is 0.326. The number of hydrogen-bond acceptors (Lipinski definition) is 7. The normalized spacial score (nSPS) is 13.2. The lowest BCUT2D eigenvalue weighted by atomic mass is 9.77. The molecule has 2 atom stereocenters. The zero-order valence-electron chi connectivity index (χ0n) is 32.6. The maximum Gasteiger partial charge on any atom is 0.204 e. The Balaban J connectivity index is 1.40. The second-order valence-corrected chi connectivity index (χ2v) is 15.0. The maximum atomic E-state index is 11.9. The van der Waals surface area contributed by atoms with Crippen molar-refractivity contribution in [3.05, 3.63) is 162 Å². The van der Waals surface area contributed by atoms with Gasteiger partial charge in [-0.1, -0.05) is 179 Å². The van der Waals surface area contributed by atoms with Gasteiger partial charge in [0.2, 0.25) is 11.8 Å². The molecule has 56 heavy (non-hydrogen) atoms. The van der Waals surface area contributed by atoms with Gasteiger partial charge in [-0.2, -0.15) is 5.26 Å². The van der Waals surface area contributed by atoms with Gasteiger partial charge in [0.25, 0.3) is 0 Å². The van der Waals surface area contributed by atoms with Crippen LogP contribution in [0.3, 0.4) is 0 Å². The van der Waals surface area contributed by atoms with Crippen molar-refractivity contribution in [2.24, 2.45) is 10.7 Å². The van der Waals surface area contributed by atoms with Crippen molar-refractivity contribution in [3.63, 3.8) is 0 Å². The summed E-state index contributed by atoms with van der Waals surface area (Å²) >= 11 is 1.56. The van der Waals surface area contributed by atoms with Crippen LogP contribution in [0.2, 0.25) is 0 Å². The summed E-state index contributed by atoms with van der Waals surface area (Å²) in [4.78, 5) is 7.02. The smallest absolute Gasteiger partial charge is 0.204 e. The first-order valence-corrected chi connectivity index (χ1v) is 20.7. The predicted octanol–water partition coefficient (Wildman–Crippen LogP) is 9.30. The molecule has 1 heterocycles. The first-order chi connectivity index (χ1) is 27.5. The van der Waals surface area contributed by atoms with Gasteiger partial charge in [-0.3, -0.25) is 4.99 Å². The molecular weight excluding hydrogens is 713 g/mol. The van der Waals surface area contributed by atoms with E-state index in [0.29, 0.717) is 18.1 Å². The topological polar surface area (TPSA) is 129 Å². The van der Waals surface area contributed by atoms with E-state index in [1.807, 2.05) is 91.0 Å². The highest BCUT2D eigenvalue weighted by atomic mass is 32.2. The standard InChI is InChI=1S/C46H54N8OS/c1-3-4-5-6-7-8-9-10-11-12-22-32-42(56-34-33-53(36-47)45(48)49-2)43(55)37-24-23-25-38(35-37)44-50-52-54(51-44)46(39-26-16-13-17-27-39,40-28-18-14-19-29-40)41-30-20-15-21-31-41/h11-32,35,42-43,55H,3-10,33-34H2,1-2H3,(H2,48,49)/b12-11-,32-22+/t42-,43+/m1/s1. The summed E-state index contributed by atoms with van der Waals surface area (Å²) in [7, 11) is 1.56. The van der Waals surface area contributed by atoms with Crippen LogP contribution in [-0.4, -0.2) is 60.8 Å². The largest absolute Gasteiger partial charge is 0.387 e. The number of benzene rings is 4. The first-order valence-electron chi connectivity index (χ1n) is 19.6. The number of aliphatic imine (C=N–C) groups is 1. The Morgan fingerprint density at radius 3 is 2.07 bits per heavy atom. The third kappa shape index (κ3) is 10.8. The van der Waals surface area contributed by atoms with Gasteiger partial charge in [0, 0.05) is 24.9 Å². The monoisotopic (exact) mass is 766 g/mol. The zero-order chi connectivity index (χ0) is 39.4. The highest BCUT2D eigenvalue weighted by Gasteiger charge is 2.41. The van der Waals surface area contributed by atoms with Crippen molar-refractivity contribution in [1.29, 1.82) is 5.26 Å². The summed E-state index contributed by atoms with van der Waals surface area (Å²) in [5, 5.41) is 35.6. The molecular formula is C46H54N8OS. The van der Waals surface area contributed by atoms with Crippen LogP contribution >= 0.6 is 11.8 Å². The van der Waals surface area contributed by atoms with E-state index in [2.05, 4.69) is 71.8 Å². The van der Waals surface area contributed by atoms with E-state index in [1.165, 1.54) is 49.8 Å². The van der Waals surface area contributed by atoms with E-state index >= 15 is 0 Å². The molecule has 0 radical (unpaired) electrons. The maximum absolute atomic E-state index is 11.9. The average molecular weight is 767 g/mol. The quantitative estimate of drug-likeness (QED) is 0.0144. The van der Waals surface area contributed by atoms with Gasteiger partial charge in [-0.15, -0.1) is 26.8 Å². The van der Waals surface area contributed by atoms with Crippen molar-refractivity contribution in [2.75, 3.05) is 19.3 Å². The van der Waals surface area contributed by atoms with Crippen LogP contribution in [0.1, 0.15) is 86.6 Å². The van der Waals surface area contributed by atoms with E-state index in [4.69, 9.17) is 16.0 Å². The Labute approximate surface area is 336 Å². The summed E-state index contributed by atoms with van der Waals surface area (Å²) in [6.07, 6.45) is 19.5. The summed E-state index contributed by atoms with van der Waals surface area (Å²) in [5.74, 6) is 1.16. The minimum atomic E-state index is -0.899. The number of tetrazole rings is 1. The molecule has 0 amide bonds. The Morgan fingerprint density at radius 2 is 1.48 bits per heavy atom. The van der Waals surface area contributed by atoms with Crippen molar-refractivity contribution in [1.82, 2.24) is 25.1 Å². The lowest BCUT2D eigenvalue weighted by Gasteiger charge is -2.34. The predicted molar refractivity (Wildman–Crippen MR) is 230 cm³/mol. The lowest BCUT2D eigenvalue weighted by Crippen LogP contribution is -2.39. The van der Waals surface area contributed by atoms with E-state index in [-0.39, 0.29) is 11.2 Å². The van der Waals surface area contributed by atoms with Gasteiger partial charge >= 0.3 is 0 Å². The van der Waals surface area contributed by atoms with Crippen molar-refractivity contribution in [3.8, 4) is 17.6 Å². The van der Waals surface area contributed by atoms with Crippen LogP contribution in [0, 0.1) is 11.5 Å². The number of hydrogen-bond donors (Lipinski definition) is 2. The number of aliphatic hydroxyl groups excluding tert-OH is 1. The molecule has 0 aliphatic carbocycles. The molecule has 0 aliphatic rings. The molecule has 0 saturated carbocycles. The van der Waals surface area contributed by atoms with Gasteiger partial charge in [-0.05, 0) is 46.4 Å². The molecule has 0 spiro atoms. The van der Waals surface area contributed by atoms with Gasteiger partial charge in [0.15, 0.2) is 11.7 Å². The highest BCUT2D eigenvalue weighted by molar-refractivity contribution is 8.00. The lowest BCUT2D eigenvalue weighted by molar-refractivity contribution is 0.187. The fourth-order valence-corrected chi connectivity index (χ4v) is 7.95. The second kappa shape index (κ2) is 22.2. The number of nitrogens with zero attached hydrogens (tertiary/aromatic N) is 7. The molecule has 0 fully saturated rings. The van der Waals surface area contributed by atoms with Crippen LogP contribution in [-0.2, 0) is 5.54 Å². The van der Waals surface area contributed by atoms with Crippen molar-refractivity contribution >= 4 is 17.7 Å². The first kappa shape index (κ1) is 41.7. The third-order valence-electron chi connectivity index (χ3n) is 9.86. The van der Waals surface area contributed by atoms with Gasteiger partial charge < -0.3 is 10.8 Å². The minimum absolute atomic E-state index is 0.165. The Bertz CT molecular complexity index is 1930. The highest BCUT2D eigenvalue weighted by Crippen LogP contribution is 2.40. The average Bonchev–Trinajstić information content (AvgIpc) is 3.75. The number of nitriles is 1. The van der Waals surface area contributed by atoms with Crippen LogP contribution in [0.25, 0.3) is 11.4 Å². The van der Waals surface area contributed by atoms with Gasteiger partial charge in [-0.25, -0.2) is 4.90 Å². The molecule has 5 aromatic rings. The Kier molecular flexibility index (Phi) is 16.5. The summed E-state index contributed by atoms with van der Waals surface area (Å²) < 4.78 is 0. The Hall–Kier alpha value is -5.50. The molecule has 1 aromatic heterocycles.